The zero-order valence-corrected chi connectivity index (χ0v) is 18.2. The monoisotopic (exact) mass is 440 g/mol. The number of amides is 3. The first-order chi connectivity index (χ1) is 15.5. The maximum atomic E-state index is 13.2. The minimum absolute atomic E-state index is 0.0104. The van der Waals surface area contributed by atoms with Crippen molar-refractivity contribution >= 4 is 18.2 Å². The Kier molecular flexibility index (Phi) is 4.64. The normalized spacial score (nSPS) is 37.6. The van der Waals surface area contributed by atoms with Gasteiger partial charge in [-0.3, -0.25) is 24.1 Å². The number of dihydropyridines is 1. The van der Waals surface area contributed by atoms with E-state index in [-0.39, 0.29) is 42.8 Å². The van der Waals surface area contributed by atoms with Crippen LogP contribution in [-0.4, -0.2) is 83.5 Å². The Morgan fingerprint density at radius 1 is 1.31 bits per heavy atom. The molecule has 1 N–H and O–H groups in total. The number of aliphatic imine (C=N–C) groups is 1. The van der Waals surface area contributed by atoms with Crippen molar-refractivity contribution in [3.8, 4) is 0 Å². The molecule has 1 saturated carbocycles. The van der Waals surface area contributed by atoms with Crippen molar-refractivity contribution < 1.29 is 14.0 Å². The van der Waals surface area contributed by atoms with Crippen LogP contribution in [0.15, 0.2) is 40.7 Å². The summed E-state index contributed by atoms with van der Waals surface area (Å²) in [6, 6.07) is -0.0742. The van der Waals surface area contributed by atoms with E-state index in [1.165, 1.54) is 5.01 Å². The molecule has 1 aliphatic carbocycles. The molecule has 3 amide bonds. The van der Waals surface area contributed by atoms with Crippen LogP contribution >= 0.6 is 0 Å². The van der Waals surface area contributed by atoms with Crippen molar-refractivity contribution in [2.45, 2.75) is 31.6 Å². The molecule has 170 valence electrons. The zero-order valence-electron chi connectivity index (χ0n) is 18.2. The van der Waals surface area contributed by atoms with Crippen LogP contribution in [0, 0.1) is 23.7 Å². The van der Waals surface area contributed by atoms with Crippen LogP contribution in [0.3, 0.4) is 0 Å². The van der Waals surface area contributed by atoms with Crippen molar-refractivity contribution in [1.29, 1.82) is 0 Å². The molecule has 6 atom stereocenters. The number of carbonyl (C=O) groups is 2. The highest BCUT2D eigenvalue weighted by molar-refractivity contribution is 6.12. The van der Waals surface area contributed by atoms with Gasteiger partial charge in [-0.2, -0.15) is 0 Å². The van der Waals surface area contributed by atoms with Gasteiger partial charge < -0.3 is 9.80 Å². The lowest BCUT2D eigenvalue weighted by molar-refractivity contribution is -0.128. The SMILES string of the molecule is CN1NC2C=C(N3CC4CC4C4C=C(C(=O)N5CCC[C@@H](CF)C5)C=NC43)C=CN2C1=O. The summed E-state index contributed by atoms with van der Waals surface area (Å²) in [5.41, 5.74) is 4.88. The number of allylic oxidation sites excluding steroid dienone is 1. The van der Waals surface area contributed by atoms with Crippen LogP contribution in [0.5, 0.6) is 0 Å². The summed E-state index contributed by atoms with van der Waals surface area (Å²) in [6.45, 7) is 1.78. The van der Waals surface area contributed by atoms with E-state index in [0.29, 0.717) is 30.5 Å². The molecule has 5 aliphatic heterocycles. The fraction of sp³-hybridized carbons (Fsp3) is 0.609. The molecule has 0 radical (unpaired) electrons. The second-order valence-corrected chi connectivity index (χ2v) is 9.85. The largest absolute Gasteiger partial charge is 0.349 e. The molecule has 0 bridgehead atoms. The fourth-order valence-electron chi connectivity index (χ4n) is 5.93. The van der Waals surface area contributed by atoms with Crippen molar-refractivity contribution in [3.05, 3.63) is 35.7 Å². The fourth-order valence-corrected chi connectivity index (χ4v) is 5.93. The quantitative estimate of drug-likeness (QED) is 0.725. The van der Waals surface area contributed by atoms with Crippen molar-refractivity contribution in [1.82, 2.24) is 25.1 Å². The van der Waals surface area contributed by atoms with Gasteiger partial charge >= 0.3 is 6.03 Å². The number of alkyl halides is 1. The Labute approximate surface area is 187 Å². The summed E-state index contributed by atoms with van der Waals surface area (Å²) in [5.74, 6) is 1.32. The molecule has 0 aromatic rings. The minimum Gasteiger partial charge on any atom is -0.349 e. The summed E-state index contributed by atoms with van der Waals surface area (Å²) < 4.78 is 13.2. The predicted molar refractivity (Wildman–Crippen MR) is 117 cm³/mol. The summed E-state index contributed by atoms with van der Waals surface area (Å²) in [7, 11) is 1.72. The van der Waals surface area contributed by atoms with Gasteiger partial charge in [-0.15, -0.1) is 0 Å². The lowest BCUT2D eigenvalue weighted by Crippen LogP contribution is -2.48. The second kappa shape index (κ2) is 7.43. The number of likely N-dealkylation sites (tertiary alicyclic amines) is 2. The standard InChI is InChI=1S/C23H29FN6O2/c1-27-23(32)29-6-4-17(9-20(29)26-27)30-13-16-8-18(16)19-7-15(11-25-21(19)30)22(31)28-5-2-3-14(10-24)12-28/h4,6-7,9,11,14,16,18-21,26H,2-3,5,8,10,12-13H2,1H3/t14-,16?,18?,19?,20?,21?/m0/s1. The molecule has 5 heterocycles. The van der Waals surface area contributed by atoms with Crippen LogP contribution < -0.4 is 5.43 Å². The third-order valence-corrected chi connectivity index (χ3v) is 7.78. The third-order valence-electron chi connectivity index (χ3n) is 7.78. The third kappa shape index (κ3) is 3.17. The maximum Gasteiger partial charge on any atom is 0.339 e. The highest BCUT2D eigenvalue weighted by atomic mass is 19.1. The first kappa shape index (κ1) is 20.0. The first-order valence-corrected chi connectivity index (χ1v) is 11.6. The molecule has 6 rings (SSSR count). The molecule has 3 saturated heterocycles. The topological polar surface area (TPSA) is 71.5 Å². The highest BCUT2D eigenvalue weighted by Crippen LogP contribution is 2.53. The minimum atomic E-state index is -0.363. The van der Waals surface area contributed by atoms with Crippen LogP contribution in [0.2, 0.25) is 0 Å². The van der Waals surface area contributed by atoms with Crippen molar-refractivity contribution in [2.75, 3.05) is 33.4 Å². The maximum absolute atomic E-state index is 13.2. The van der Waals surface area contributed by atoms with E-state index in [1.54, 1.807) is 23.1 Å². The molecule has 0 aromatic heterocycles. The summed E-state index contributed by atoms with van der Waals surface area (Å²) in [5, 5.41) is 1.50. The van der Waals surface area contributed by atoms with Gasteiger partial charge in [-0.05, 0) is 43.3 Å². The summed E-state index contributed by atoms with van der Waals surface area (Å²) in [4.78, 5) is 36.0. The van der Waals surface area contributed by atoms with Gasteiger partial charge in [-0.1, -0.05) is 6.08 Å². The van der Waals surface area contributed by atoms with Gasteiger partial charge in [-0.25, -0.2) is 10.2 Å². The molecule has 32 heavy (non-hydrogen) atoms. The van der Waals surface area contributed by atoms with Gasteiger partial charge in [0.15, 0.2) is 0 Å². The first-order valence-electron chi connectivity index (χ1n) is 11.6. The molecule has 0 spiro atoms. The Bertz CT molecular complexity index is 960. The average Bonchev–Trinajstić information content (AvgIpc) is 3.56. The van der Waals surface area contributed by atoms with Crippen molar-refractivity contribution in [3.63, 3.8) is 0 Å². The van der Waals surface area contributed by atoms with Gasteiger partial charge in [0.1, 0.15) is 12.3 Å². The number of hydrogen-bond acceptors (Lipinski definition) is 5. The molecular formula is C23H29FN6O2. The van der Waals surface area contributed by atoms with Crippen molar-refractivity contribution in [2.24, 2.45) is 28.7 Å². The van der Waals surface area contributed by atoms with Gasteiger partial charge in [0.2, 0.25) is 0 Å². The molecule has 6 aliphatic rings. The number of halogens is 1. The van der Waals surface area contributed by atoms with Crippen LogP contribution in [0.25, 0.3) is 0 Å². The van der Waals surface area contributed by atoms with Gasteiger partial charge in [0, 0.05) is 56.6 Å². The second-order valence-electron chi connectivity index (χ2n) is 9.85. The molecular weight excluding hydrogens is 411 g/mol. The molecule has 4 fully saturated rings. The molecule has 0 aromatic carbocycles. The zero-order chi connectivity index (χ0) is 22.0. The number of nitrogens with one attached hydrogen (secondary N) is 1. The Morgan fingerprint density at radius 3 is 3.03 bits per heavy atom. The Hall–Kier alpha value is -2.68. The number of urea groups is 1. The number of rotatable bonds is 3. The van der Waals surface area contributed by atoms with Crippen LogP contribution in [0.4, 0.5) is 9.18 Å². The molecule has 5 unspecified atom stereocenters. The van der Waals surface area contributed by atoms with Gasteiger partial charge in [0.05, 0.1) is 12.2 Å². The van der Waals surface area contributed by atoms with E-state index in [0.717, 1.165) is 31.5 Å². The number of hydrazine groups is 1. The number of hydrogen-bond donors (Lipinski definition) is 1. The lowest BCUT2D eigenvalue weighted by Gasteiger charge is -2.42. The number of piperidine rings is 2. The number of fused-ring (bicyclic) bond motifs is 4. The Morgan fingerprint density at radius 2 is 2.19 bits per heavy atom. The van der Waals surface area contributed by atoms with E-state index in [4.69, 9.17) is 4.99 Å². The van der Waals surface area contributed by atoms with E-state index in [2.05, 4.69) is 22.5 Å². The van der Waals surface area contributed by atoms with Crippen LogP contribution in [-0.2, 0) is 4.79 Å². The summed E-state index contributed by atoms with van der Waals surface area (Å²) in [6.07, 6.45) is 12.4. The number of nitrogens with zero attached hydrogens (tertiary/aromatic N) is 5. The van der Waals surface area contributed by atoms with E-state index in [9.17, 15) is 14.0 Å². The smallest absolute Gasteiger partial charge is 0.339 e. The predicted octanol–water partition coefficient (Wildman–Crippen LogP) is 1.71. The van der Waals surface area contributed by atoms with Crippen LogP contribution in [0.1, 0.15) is 19.3 Å². The van der Waals surface area contributed by atoms with Gasteiger partial charge in [0.25, 0.3) is 5.91 Å². The van der Waals surface area contributed by atoms with E-state index < -0.39 is 0 Å². The Balaban J connectivity index is 1.21. The summed E-state index contributed by atoms with van der Waals surface area (Å²) >= 11 is 0. The number of carbonyl (C=O) groups excluding carboxylic acids is 2. The van der Waals surface area contributed by atoms with E-state index >= 15 is 0 Å². The van der Waals surface area contributed by atoms with E-state index in [1.807, 2.05) is 12.3 Å². The molecule has 8 nitrogen and oxygen atoms in total. The highest BCUT2D eigenvalue weighted by Gasteiger charge is 2.53. The molecule has 9 heteroatoms. The lowest BCUT2D eigenvalue weighted by atomic mass is 9.88. The average molecular weight is 441 g/mol.